The zero-order chi connectivity index (χ0) is 23.1. The van der Waals surface area contributed by atoms with Crippen LogP contribution in [0.3, 0.4) is 0 Å². The van der Waals surface area contributed by atoms with Crippen molar-refractivity contribution in [3.8, 4) is 5.75 Å². The minimum atomic E-state index is -0.686. The molecular formula is C24H34N4O5. The van der Waals surface area contributed by atoms with Crippen LogP contribution in [0.2, 0.25) is 0 Å². The first-order valence-electron chi connectivity index (χ1n) is 12.0. The number of nitrogens with one attached hydrogen (secondary N) is 2. The molecule has 1 saturated carbocycles. The van der Waals surface area contributed by atoms with Gasteiger partial charge in [0.2, 0.25) is 5.91 Å². The van der Waals surface area contributed by atoms with Gasteiger partial charge in [-0.1, -0.05) is 25.0 Å². The average Bonchev–Trinajstić information content (AvgIpc) is 3.39. The number of rotatable bonds is 10. The van der Waals surface area contributed by atoms with Crippen LogP contribution >= 0.6 is 0 Å². The van der Waals surface area contributed by atoms with E-state index in [1.54, 1.807) is 0 Å². The zero-order valence-electron chi connectivity index (χ0n) is 19.1. The number of imide groups is 1. The molecule has 2 saturated heterocycles. The maximum atomic E-state index is 12.6. The van der Waals surface area contributed by atoms with Crippen LogP contribution in [-0.2, 0) is 20.9 Å². The molecule has 9 heteroatoms. The minimum Gasteiger partial charge on any atom is -0.492 e. The number of ether oxygens (including phenoxy) is 2. The summed E-state index contributed by atoms with van der Waals surface area (Å²) >= 11 is 0. The van der Waals surface area contributed by atoms with Crippen LogP contribution in [0, 0.1) is 0 Å². The molecule has 3 aliphatic rings. The van der Waals surface area contributed by atoms with Crippen molar-refractivity contribution in [1.29, 1.82) is 0 Å². The summed E-state index contributed by atoms with van der Waals surface area (Å²) < 4.78 is 11.2. The van der Waals surface area contributed by atoms with Gasteiger partial charge in [-0.05, 0) is 37.0 Å². The molecule has 2 N–H and O–H groups in total. The van der Waals surface area contributed by atoms with E-state index < -0.39 is 5.54 Å². The molecule has 180 valence electrons. The highest BCUT2D eigenvalue weighted by Crippen LogP contribution is 2.35. The van der Waals surface area contributed by atoms with Crippen molar-refractivity contribution in [3.05, 3.63) is 29.8 Å². The van der Waals surface area contributed by atoms with Crippen molar-refractivity contribution in [1.82, 2.24) is 20.4 Å². The Morgan fingerprint density at radius 2 is 1.94 bits per heavy atom. The lowest BCUT2D eigenvalue weighted by atomic mass is 9.98. The Morgan fingerprint density at radius 1 is 1.15 bits per heavy atom. The fraction of sp³-hybridized carbons (Fsp3) is 0.625. The van der Waals surface area contributed by atoms with E-state index in [1.165, 1.54) is 4.90 Å². The molecule has 0 aromatic heterocycles. The van der Waals surface area contributed by atoms with Crippen molar-refractivity contribution in [2.24, 2.45) is 0 Å². The van der Waals surface area contributed by atoms with E-state index in [0.29, 0.717) is 32.4 Å². The van der Waals surface area contributed by atoms with Gasteiger partial charge in [-0.3, -0.25) is 19.4 Å². The van der Waals surface area contributed by atoms with E-state index in [9.17, 15) is 14.4 Å². The van der Waals surface area contributed by atoms with Gasteiger partial charge in [0.25, 0.3) is 5.91 Å². The van der Waals surface area contributed by atoms with Crippen molar-refractivity contribution < 1.29 is 23.9 Å². The molecule has 33 heavy (non-hydrogen) atoms. The van der Waals surface area contributed by atoms with Crippen LogP contribution in [0.1, 0.15) is 44.1 Å². The molecule has 1 aromatic carbocycles. The number of nitrogens with zero attached hydrogens (tertiary/aromatic N) is 2. The number of urea groups is 1. The summed E-state index contributed by atoms with van der Waals surface area (Å²) in [5.41, 5.74) is 0.277. The lowest BCUT2D eigenvalue weighted by Gasteiger charge is -2.26. The van der Waals surface area contributed by atoms with Crippen LogP contribution in [0.15, 0.2) is 24.3 Å². The highest BCUT2D eigenvalue weighted by atomic mass is 16.5. The molecule has 2 aliphatic heterocycles. The topological polar surface area (TPSA) is 100 Å². The van der Waals surface area contributed by atoms with Gasteiger partial charge >= 0.3 is 6.03 Å². The lowest BCUT2D eigenvalue weighted by Crippen LogP contribution is -2.44. The summed E-state index contributed by atoms with van der Waals surface area (Å²) in [7, 11) is 0. The summed E-state index contributed by atoms with van der Waals surface area (Å²) in [6.07, 6.45) is 4.06. The molecule has 0 radical (unpaired) electrons. The summed E-state index contributed by atoms with van der Waals surface area (Å²) in [4.78, 5) is 40.7. The zero-order valence-corrected chi connectivity index (χ0v) is 19.1. The summed E-state index contributed by atoms with van der Waals surface area (Å²) in [5.74, 6) is 0.557. The van der Waals surface area contributed by atoms with E-state index in [1.807, 2.05) is 24.3 Å². The van der Waals surface area contributed by atoms with E-state index in [0.717, 1.165) is 57.0 Å². The second-order valence-electron chi connectivity index (χ2n) is 9.01. The molecule has 1 aliphatic carbocycles. The first kappa shape index (κ1) is 23.5. The SMILES string of the molecule is O=C(CCCN1C(=O)NC2(CCCC2)C1=O)NCc1cccc(OCCN2CCOCC2)c1. The number of hydrogen-bond acceptors (Lipinski definition) is 6. The normalized spacial score (nSPS) is 20.3. The lowest BCUT2D eigenvalue weighted by molar-refractivity contribution is -0.131. The number of morpholine rings is 1. The Labute approximate surface area is 194 Å². The molecule has 1 aromatic rings. The van der Waals surface area contributed by atoms with Crippen molar-refractivity contribution in [2.45, 2.75) is 50.6 Å². The van der Waals surface area contributed by atoms with Gasteiger partial charge in [0.15, 0.2) is 0 Å². The molecule has 2 heterocycles. The van der Waals surface area contributed by atoms with Crippen molar-refractivity contribution in [2.75, 3.05) is 46.0 Å². The van der Waals surface area contributed by atoms with Crippen LogP contribution in [-0.4, -0.2) is 79.2 Å². The Bertz CT molecular complexity index is 849. The largest absolute Gasteiger partial charge is 0.492 e. The van der Waals surface area contributed by atoms with Crippen molar-refractivity contribution in [3.63, 3.8) is 0 Å². The first-order valence-corrected chi connectivity index (χ1v) is 12.0. The highest BCUT2D eigenvalue weighted by molar-refractivity contribution is 6.07. The van der Waals surface area contributed by atoms with Crippen LogP contribution in [0.25, 0.3) is 0 Å². The van der Waals surface area contributed by atoms with Crippen LogP contribution < -0.4 is 15.4 Å². The molecule has 9 nitrogen and oxygen atoms in total. The fourth-order valence-corrected chi connectivity index (χ4v) is 4.75. The number of hydrogen-bond donors (Lipinski definition) is 2. The number of carbonyl (C=O) groups excluding carboxylic acids is 3. The van der Waals surface area contributed by atoms with E-state index in [4.69, 9.17) is 9.47 Å². The second kappa shape index (κ2) is 11.0. The molecule has 3 fully saturated rings. The maximum Gasteiger partial charge on any atom is 0.325 e. The monoisotopic (exact) mass is 458 g/mol. The standard InChI is InChI=1S/C24H34N4O5/c29-21(7-4-10-28-22(30)24(26-23(28)31)8-1-2-9-24)25-18-19-5-3-6-20(17-19)33-16-13-27-11-14-32-15-12-27/h3,5-6,17H,1-2,4,7-16,18H2,(H,25,29)(H,26,31). The Hall–Kier alpha value is -2.65. The van der Waals surface area contributed by atoms with Crippen LogP contribution in [0.5, 0.6) is 5.75 Å². The van der Waals surface area contributed by atoms with Gasteiger partial charge in [0.05, 0.1) is 13.2 Å². The predicted molar refractivity (Wildman–Crippen MR) is 122 cm³/mol. The first-order chi connectivity index (χ1) is 16.1. The highest BCUT2D eigenvalue weighted by Gasteiger charge is 2.52. The van der Waals surface area contributed by atoms with Gasteiger partial charge in [0, 0.05) is 39.1 Å². The summed E-state index contributed by atoms with van der Waals surface area (Å²) in [6.45, 7) is 5.58. The third-order valence-electron chi connectivity index (χ3n) is 6.66. The summed E-state index contributed by atoms with van der Waals surface area (Å²) in [5, 5.41) is 5.78. The van der Waals surface area contributed by atoms with Gasteiger partial charge in [-0.25, -0.2) is 4.79 Å². The fourth-order valence-electron chi connectivity index (χ4n) is 4.75. The third-order valence-corrected chi connectivity index (χ3v) is 6.66. The van der Waals surface area contributed by atoms with Crippen molar-refractivity contribution >= 4 is 17.8 Å². The molecule has 1 spiro atoms. The van der Waals surface area contributed by atoms with E-state index in [2.05, 4.69) is 15.5 Å². The predicted octanol–water partition coefficient (Wildman–Crippen LogP) is 1.66. The summed E-state index contributed by atoms with van der Waals surface area (Å²) in [6, 6.07) is 7.40. The smallest absolute Gasteiger partial charge is 0.325 e. The Balaban J connectivity index is 1.14. The van der Waals surface area contributed by atoms with E-state index >= 15 is 0 Å². The van der Waals surface area contributed by atoms with Gasteiger partial charge in [0.1, 0.15) is 17.9 Å². The number of benzene rings is 1. The maximum absolute atomic E-state index is 12.6. The number of carbonyl (C=O) groups is 3. The molecular weight excluding hydrogens is 424 g/mol. The van der Waals surface area contributed by atoms with Crippen LogP contribution in [0.4, 0.5) is 4.79 Å². The molecule has 4 amide bonds. The quantitative estimate of drug-likeness (QED) is 0.518. The molecule has 0 unspecified atom stereocenters. The molecule has 4 rings (SSSR count). The minimum absolute atomic E-state index is 0.101. The van der Waals surface area contributed by atoms with Gasteiger partial charge < -0.3 is 20.1 Å². The Kier molecular flexibility index (Phi) is 7.82. The van der Waals surface area contributed by atoms with Gasteiger partial charge in [-0.2, -0.15) is 0 Å². The van der Waals surface area contributed by atoms with E-state index in [-0.39, 0.29) is 30.8 Å². The Morgan fingerprint density at radius 3 is 2.73 bits per heavy atom. The molecule has 0 bridgehead atoms. The van der Waals surface area contributed by atoms with Gasteiger partial charge in [-0.15, -0.1) is 0 Å². The second-order valence-corrected chi connectivity index (χ2v) is 9.01. The third kappa shape index (κ3) is 6.03. The number of amides is 4. The molecule has 0 atom stereocenters. The average molecular weight is 459 g/mol.